The topological polar surface area (TPSA) is 76.9 Å². The zero-order valence-corrected chi connectivity index (χ0v) is 20.2. The predicted octanol–water partition coefficient (Wildman–Crippen LogP) is 5.79. The molecule has 4 aromatic rings. The Balaban J connectivity index is 1.79. The molecule has 8 heteroatoms. The van der Waals surface area contributed by atoms with Gasteiger partial charge in [-0.15, -0.1) is 0 Å². The Kier molecular flexibility index (Phi) is 5.51. The number of anilines is 1. The molecule has 0 saturated carbocycles. The summed E-state index contributed by atoms with van der Waals surface area (Å²) in [5.41, 5.74) is 3.98. The molecule has 0 spiro atoms. The lowest BCUT2D eigenvalue weighted by Gasteiger charge is -2.19. The maximum Gasteiger partial charge on any atom is 0.263 e. The molecule has 0 aliphatic carbocycles. The highest BCUT2D eigenvalue weighted by Crippen LogP contribution is 2.32. The number of nitrogens with zero attached hydrogens (tertiary/aromatic N) is 3. The SMILES string of the molecule is Cc1cc(NS(=O)(=O)c2ccc(C(C)(C)C)cc2)n(-c2ccc(Cl)c3nccc(C)c23)n1. The number of hydrogen-bond acceptors (Lipinski definition) is 4. The van der Waals surface area contributed by atoms with Gasteiger partial charge < -0.3 is 0 Å². The van der Waals surface area contributed by atoms with Crippen molar-refractivity contribution in [2.75, 3.05) is 4.72 Å². The van der Waals surface area contributed by atoms with Crippen molar-refractivity contribution in [3.63, 3.8) is 0 Å². The third-order valence-corrected chi connectivity index (χ3v) is 7.03. The van der Waals surface area contributed by atoms with Crippen LogP contribution in [0.3, 0.4) is 0 Å². The van der Waals surface area contributed by atoms with Crippen molar-refractivity contribution in [3.8, 4) is 5.69 Å². The lowest BCUT2D eigenvalue weighted by Crippen LogP contribution is -2.17. The number of sulfonamides is 1. The third kappa shape index (κ3) is 4.10. The molecule has 2 aromatic heterocycles. The first-order chi connectivity index (χ1) is 15.0. The van der Waals surface area contributed by atoms with Crippen LogP contribution in [0, 0.1) is 13.8 Å². The van der Waals surface area contributed by atoms with Gasteiger partial charge in [0.25, 0.3) is 10.0 Å². The standard InChI is InChI=1S/C24H25ClN4O2S/c1-15-12-13-26-23-19(25)10-11-20(22(15)23)29-21(14-16(2)27-29)28-32(30,31)18-8-6-17(7-9-18)24(3,4)5/h6-14,28H,1-5H3. The van der Waals surface area contributed by atoms with Gasteiger partial charge in [-0.1, -0.05) is 44.5 Å². The van der Waals surface area contributed by atoms with Crippen molar-refractivity contribution in [2.24, 2.45) is 0 Å². The summed E-state index contributed by atoms with van der Waals surface area (Å²) in [6, 6.07) is 14.1. The van der Waals surface area contributed by atoms with Crippen LogP contribution in [0.15, 0.2) is 59.6 Å². The summed E-state index contributed by atoms with van der Waals surface area (Å²) in [4.78, 5) is 4.59. The largest absolute Gasteiger partial charge is 0.263 e. The summed E-state index contributed by atoms with van der Waals surface area (Å²) in [7, 11) is -3.82. The van der Waals surface area contributed by atoms with Crippen LogP contribution >= 0.6 is 11.6 Å². The van der Waals surface area contributed by atoms with E-state index < -0.39 is 10.0 Å². The zero-order chi connectivity index (χ0) is 23.3. The minimum Gasteiger partial charge on any atom is -0.263 e. The van der Waals surface area contributed by atoms with E-state index in [1.165, 1.54) is 0 Å². The monoisotopic (exact) mass is 468 g/mol. The van der Waals surface area contributed by atoms with Gasteiger partial charge in [-0.2, -0.15) is 5.10 Å². The number of halogens is 1. The van der Waals surface area contributed by atoms with Crippen LogP contribution in [0.2, 0.25) is 5.02 Å². The molecule has 6 nitrogen and oxygen atoms in total. The Labute approximate surface area is 193 Å². The Morgan fingerprint density at radius 1 is 1.00 bits per heavy atom. The lowest BCUT2D eigenvalue weighted by atomic mass is 9.87. The molecule has 1 N–H and O–H groups in total. The summed E-state index contributed by atoms with van der Waals surface area (Å²) in [5.74, 6) is 0.342. The van der Waals surface area contributed by atoms with E-state index in [-0.39, 0.29) is 10.3 Å². The average Bonchev–Trinajstić information content (AvgIpc) is 3.07. The van der Waals surface area contributed by atoms with Crippen LogP contribution in [0.4, 0.5) is 5.82 Å². The molecule has 0 bridgehead atoms. The van der Waals surface area contributed by atoms with E-state index in [2.05, 4.69) is 35.6 Å². The van der Waals surface area contributed by atoms with Crippen molar-refractivity contribution < 1.29 is 8.42 Å². The molecule has 0 unspecified atom stereocenters. The fraction of sp³-hybridized carbons (Fsp3) is 0.250. The number of aromatic nitrogens is 3. The number of pyridine rings is 1. The Bertz CT molecular complexity index is 1420. The summed E-state index contributed by atoms with van der Waals surface area (Å²) in [5, 5.41) is 5.89. The van der Waals surface area contributed by atoms with Crippen molar-refractivity contribution >= 4 is 38.3 Å². The normalized spacial score (nSPS) is 12.3. The van der Waals surface area contributed by atoms with Crippen LogP contribution in [0.1, 0.15) is 37.6 Å². The van der Waals surface area contributed by atoms with E-state index in [0.29, 0.717) is 27.7 Å². The second-order valence-corrected chi connectivity index (χ2v) is 11.0. The van der Waals surface area contributed by atoms with E-state index in [9.17, 15) is 8.42 Å². The summed E-state index contributed by atoms with van der Waals surface area (Å²) in [6.07, 6.45) is 1.70. The van der Waals surface area contributed by atoms with Gasteiger partial charge in [0.05, 0.1) is 26.8 Å². The maximum atomic E-state index is 13.2. The molecular weight excluding hydrogens is 444 g/mol. The quantitative estimate of drug-likeness (QED) is 0.411. The van der Waals surface area contributed by atoms with E-state index in [1.54, 1.807) is 35.1 Å². The van der Waals surface area contributed by atoms with Crippen LogP contribution < -0.4 is 4.72 Å². The highest BCUT2D eigenvalue weighted by atomic mass is 35.5. The van der Waals surface area contributed by atoms with Crippen LogP contribution in [-0.4, -0.2) is 23.2 Å². The number of benzene rings is 2. The van der Waals surface area contributed by atoms with Gasteiger partial charge in [0, 0.05) is 17.6 Å². The summed E-state index contributed by atoms with van der Waals surface area (Å²) >= 11 is 6.36. The van der Waals surface area contributed by atoms with Gasteiger partial charge in [0.2, 0.25) is 0 Å². The number of rotatable bonds is 4. The average molecular weight is 469 g/mol. The van der Waals surface area contributed by atoms with Gasteiger partial charge >= 0.3 is 0 Å². The van der Waals surface area contributed by atoms with Crippen LogP contribution in [0.5, 0.6) is 0 Å². The smallest absolute Gasteiger partial charge is 0.263 e. The first-order valence-electron chi connectivity index (χ1n) is 10.2. The molecule has 0 atom stereocenters. The molecule has 0 radical (unpaired) electrons. The maximum absolute atomic E-state index is 13.2. The van der Waals surface area contributed by atoms with E-state index in [1.807, 2.05) is 38.1 Å². The lowest BCUT2D eigenvalue weighted by molar-refractivity contribution is 0.587. The fourth-order valence-corrected chi connectivity index (χ4v) is 4.88. The second-order valence-electron chi connectivity index (χ2n) is 8.88. The van der Waals surface area contributed by atoms with Gasteiger partial charge in [-0.25, -0.2) is 13.1 Å². The van der Waals surface area contributed by atoms with Crippen LogP contribution in [0.25, 0.3) is 16.6 Å². The molecule has 0 amide bonds. The minimum atomic E-state index is -3.82. The Morgan fingerprint density at radius 2 is 1.69 bits per heavy atom. The minimum absolute atomic E-state index is 0.0625. The molecule has 4 rings (SSSR count). The highest BCUT2D eigenvalue weighted by molar-refractivity contribution is 7.92. The second kappa shape index (κ2) is 7.90. The Morgan fingerprint density at radius 3 is 2.34 bits per heavy atom. The molecule has 0 aliphatic rings. The molecular formula is C24H25ClN4O2S. The van der Waals surface area contributed by atoms with Crippen LogP contribution in [-0.2, 0) is 15.4 Å². The molecule has 2 aromatic carbocycles. The van der Waals surface area contributed by atoms with Crippen molar-refractivity contribution in [2.45, 2.75) is 44.9 Å². The van der Waals surface area contributed by atoms with Crippen molar-refractivity contribution in [3.05, 3.63) is 76.6 Å². The molecule has 0 aliphatic heterocycles. The van der Waals surface area contributed by atoms with Gasteiger partial charge in [-0.05, 0) is 60.7 Å². The predicted molar refractivity (Wildman–Crippen MR) is 129 cm³/mol. The van der Waals surface area contributed by atoms with E-state index in [4.69, 9.17) is 11.6 Å². The van der Waals surface area contributed by atoms with E-state index >= 15 is 0 Å². The van der Waals surface area contributed by atoms with Crippen molar-refractivity contribution in [1.29, 1.82) is 0 Å². The highest BCUT2D eigenvalue weighted by Gasteiger charge is 2.21. The summed E-state index contributed by atoms with van der Waals surface area (Å²) in [6.45, 7) is 10.0. The number of hydrogen-bond donors (Lipinski definition) is 1. The molecule has 166 valence electrons. The Hall–Kier alpha value is -2.90. The van der Waals surface area contributed by atoms with Crippen molar-refractivity contribution in [1.82, 2.24) is 14.8 Å². The molecule has 0 fully saturated rings. The first kappa shape index (κ1) is 22.3. The number of nitrogens with one attached hydrogen (secondary N) is 1. The zero-order valence-electron chi connectivity index (χ0n) is 18.6. The number of aryl methyl sites for hydroxylation is 2. The first-order valence-corrected chi connectivity index (χ1v) is 12.1. The van der Waals surface area contributed by atoms with Gasteiger partial charge in [0.1, 0.15) is 5.82 Å². The summed E-state index contributed by atoms with van der Waals surface area (Å²) < 4.78 is 30.6. The number of fused-ring (bicyclic) bond motifs is 1. The molecule has 32 heavy (non-hydrogen) atoms. The molecule has 0 saturated heterocycles. The molecule has 2 heterocycles. The van der Waals surface area contributed by atoms with Gasteiger partial charge in [0.15, 0.2) is 0 Å². The third-order valence-electron chi connectivity index (χ3n) is 5.36. The van der Waals surface area contributed by atoms with E-state index in [0.717, 1.165) is 16.5 Å². The van der Waals surface area contributed by atoms with Gasteiger partial charge in [-0.3, -0.25) is 9.71 Å². The fourth-order valence-electron chi connectivity index (χ4n) is 3.64.